The normalized spacial score (nSPS) is 12.1. The van der Waals surface area contributed by atoms with E-state index in [2.05, 4.69) is 20.4 Å². The SMILES string of the molecule is COCc1ccc(-c2ccc3ncc(C(N)=O)c(NC(C)c4ccn(C)n4)c3c2)cn1. The van der Waals surface area contributed by atoms with Crippen molar-refractivity contribution in [3.05, 3.63) is 71.9 Å². The van der Waals surface area contributed by atoms with Crippen LogP contribution in [0.15, 0.2) is 55.0 Å². The minimum Gasteiger partial charge on any atom is -0.378 e. The summed E-state index contributed by atoms with van der Waals surface area (Å²) in [5.41, 5.74) is 11.0. The number of rotatable bonds is 7. The number of carbonyl (C=O) groups excluding carboxylic acids is 1. The van der Waals surface area contributed by atoms with Crippen molar-refractivity contribution in [1.82, 2.24) is 19.7 Å². The molecule has 1 atom stereocenters. The molecule has 8 nitrogen and oxygen atoms in total. The number of fused-ring (bicyclic) bond motifs is 1. The van der Waals surface area contributed by atoms with Gasteiger partial charge in [-0.2, -0.15) is 5.10 Å². The molecule has 4 aromatic rings. The molecule has 1 aromatic carbocycles. The van der Waals surface area contributed by atoms with Gasteiger partial charge in [-0.25, -0.2) is 0 Å². The Kier molecular flexibility index (Phi) is 5.64. The summed E-state index contributed by atoms with van der Waals surface area (Å²) in [5, 5.41) is 8.68. The van der Waals surface area contributed by atoms with E-state index in [0.29, 0.717) is 17.9 Å². The van der Waals surface area contributed by atoms with Crippen molar-refractivity contribution < 1.29 is 9.53 Å². The van der Waals surface area contributed by atoms with Crippen LogP contribution in [0.25, 0.3) is 22.0 Å². The number of primary amides is 1. The number of benzene rings is 1. The average Bonchev–Trinajstić information content (AvgIpc) is 3.20. The minimum atomic E-state index is -0.541. The minimum absolute atomic E-state index is 0.136. The topological polar surface area (TPSA) is 108 Å². The molecule has 3 N–H and O–H groups in total. The molecule has 1 amide bonds. The van der Waals surface area contributed by atoms with Gasteiger partial charge in [0.25, 0.3) is 5.91 Å². The van der Waals surface area contributed by atoms with Crippen LogP contribution in [-0.2, 0) is 18.4 Å². The zero-order valence-corrected chi connectivity index (χ0v) is 17.7. The number of anilines is 1. The molecule has 0 aliphatic carbocycles. The Morgan fingerprint density at radius 2 is 1.97 bits per heavy atom. The zero-order valence-electron chi connectivity index (χ0n) is 17.7. The maximum atomic E-state index is 12.1. The fraction of sp³-hybridized carbons (Fsp3) is 0.217. The number of carbonyl (C=O) groups is 1. The predicted octanol–water partition coefficient (Wildman–Crippen LogP) is 3.45. The van der Waals surface area contributed by atoms with Crippen molar-refractivity contribution in [2.45, 2.75) is 19.6 Å². The van der Waals surface area contributed by atoms with Crippen LogP contribution in [0.2, 0.25) is 0 Å². The van der Waals surface area contributed by atoms with Crippen molar-refractivity contribution in [2.75, 3.05) is 12.4 Å². The highest BCUT2D eigenvalue weighted by Crippen LogP contribution is 2.32. The zero-order chi connectivity index (χ0) is 22.0. The van der Waals surface area contributed by atoms with E-state index in [-0.39, 0.29) is 6.04 Å². The van der Waals surface area contributed by atoms with Gasteiger partial charge in [-0.1, -0.05) is 12.1 Å². The van der Waals surface area contributed by atoms with Gasteiger partial charge >= 0.3 is 0 Å². The summed E-state index contributed by atoms with van der Waals surface area (Å²) in [5.74, 6) is -0.541. The molecule has 0 saturated heterocycles. The molecule has 1 unspecified atom stereocenters. The number of nitrogens with two attached hydrogens (primary N) is 1. The predicted molar refractivity (Wildman–Crippen MR) is 119 cm³/mol. The number of nitrogens with one attached hydrogen (secondary N) is 1. The van der Waals surface area contributed by atoms with Gasteiger partial charge in [0, 0.05) is 43.7 Å². The lowest BCUT2D eigenvalue weighted by Crippen LogP contribution is -2.17. The second kappa shape index (κ2) is 8.53. The maximum Gasteiger partial charge on any atom is 0.252 e. The molecular formula is C23H24N6O2. The van der Waals surface area contributed by atoms with Crippen LogP contribution in [0.3, 0.4) is 0 Å². The van der Waals surface area contributed by atoms with Crippen molar-refractivity contribution in [2.24, 2.45) is 12.8 Å². The van der Waals surface area contributed by atoms with Crippen molar-refractivity contribution in [3.63, 3.8) is 0 Å². The van der Waals surface area contributed by atoms with E-state index in [4.69, 9.17) is 10.5 Å². The van der Waals surface area contributed by atoms with Gasteiger partial charge in [0.15, 0.2) is 0 Å². The van der Waals surface area contributed by atoms with E-state index in [0.717, 1.165) is 33.4 Å². The van der Waals surface area contributed by atoms with Crippen LogP contribution >= 0.6 is 0 Å². The number of ether oxygens (including phenoxy) is 1. The van der Waals surface area contributed by atoms with Crippen LogP contribution < -0.4 is 11.1 Å². The second-order valence-corrected chi connectivity index (χ2v) is 7.39. The van der Waals surface area contributed by atoms with E-state index in [1.807, 2.05) is 62.8 Å². The van der Waals surface area contributed by atoms with Gasteiger partial charge in [-0.3, -0.25) is 19.4 Å². The molecule has 0 fully saturated rings. The van der Waals surface area contributed by atoms with Crippen LogP contribution in [0.5, 0.6) is 0 Å². The van der Waals surface area contributed by atoms with Crippen molar-refractivity contribution in [3.8, 4) is 11.1 Å². The van der Waals surface area contributed by atoms with E-state index >= 15 is 0 Å². The molecule has 158 valence electrons. The number of aromatic nitrogens is 4. The quantitative estimate of drug-likeness (QED) is 0.478. The first-order valence-electron chi connectivity index (χ1n) is 9.89. The molecule has 0 aliphatic rings. The molecule has 31 heavy (non-hydrogen) atoms. The summed E-state index contributed by atoms with van der Waals surface area (Å²) in [6.07, 6.45) is 5.20. The van der Waals surface area contributed by atoms with Gasteiger partial charge in [-0.15, -0.1) is 0 Å². The first kappa shape index (κ1) is 20.5. The van der Waals surface area contributed by atoms with E-state index < -0.39 is 5.91 Å². The van der Waals surface area contributed by atoms with Crippen molar-refractivity contribution >= 4 is 22.5 Å². The Hall–Kier alpha value is -3.78. The summed E-state index contributed by atoms with van der Waals surface area (Å²) in [6.45, 7) is 2.45. The summed E-state index contributed by atoms with van der Waals surface area (Å²) < 4.78 is 6.87. The molecule has 0 bridgehead atoms. The van der Waals surface area contributed by atoms with E-state index in [1.54, 1.807) is 11.8 Å². The molecule has 0 radical (unpaired) electrons. The largest absolute Gasteiger partial charge is 0.378 e. The first-order valence-corrected chi connectivity index (χ1v) is 9.89. The molecule has 3 aromatic heterocycles. The highest BCUT2D eigenvalue weighted by atomic mass is 16.5. The lowest BCUT2D eigenvalue weighted by molar-refractivity contribution is 0.100. The van der Waals surface area contributed by atoms with Gasteiger partial charge in [0.1, 0.15) is 0 Å². The monoisotopic (exact) mass is 416 g/mol. The number of methoxy groups -OCH3 is 1. The summed E-state index contributed by atoms with van der Waals surface area (Å²) in [6, 6.07) is 11.6. The summed E-state index contributed by atoms with van der Waals surface area (Å²) in [7, 11) is 3.51. The lowest BCUT2D eigenvalue weighted by atomic mass is 10.0. The molecular weight excluding hydrogens is 392 g/mol. The summed E-state index contributed by atoms with van der Waals surface area (Å²) in [4.78, 5) is 21.0. The number of aryl methyl sites for hydroxylation is 1. The Labute approximate surface area is 180 Å². The third-order valence-electron chi connectivity index (χ3n) is 5.12. The highest BCUT2D eigenvalue weighted by Gasteiger charge is 2.18. The third-order valence-corrected chi connectivity index (χ3v) is 5.12. The number of amides is 1. The first-order chi connectivity index (χ1) is 15.0. The standard InChI is InChI=1S/C23H24N6O2/c1-14(20-8-9-29(2)28-20)27-22-18-10-15(16-4-6-17(13-31-3)25-11-16)5-7-21(18)26-12-19(22)23(24)30/h4-12,14H,13H2,1-3H3,(H2,24,30)(H,26,27). The molecule has 4 rings (SSSR count). The van der Waals surface area contributed by atoms with Crippen molar-refractivity contribution in [1.29, 1.82) is 0 Å². The highest BCUT2D eigenvalue weighted by molar-refractivity contribution is 6.07. The van der Waals surface area contributed by atoms with Gasteiger partial charge in [0.2, 0.25) is 0 Å². The molecule has 0 saturated carbocycles. The number of hydrogen-bond donors (Lipinski definition) is 2. The molecule has 8 heteroatoms. The Morgan fingerprint density at radius 1 is 1.16 bits per heavy atom. The van der Waals surface area contributed by atoms with Crippen LogP contribution in [-0.4, -0.2) is 32.8 Å². The fourth-order valence-corrected chi connectivity index (χ4v) is 3.50. The van der Waals surface area contributed by atoms with E-state index in [1.165, 1.54) is 6.20 Å². The molecule has 0 spiro atoms. The Morgan fingerprint density at radius 3 is 2.61 bits per heavy atom. The van der Waals surface area contributed by atoms with Gasteiger partial charge in [-0.05, 0) is 36.8 Å². The number of nitrogens with zero attached hydrogens (tertiary/aromatic N) is 4. The Balaban J connectivity index is 1.79. The Bertz CT molecular complexity index is 1230. The lowest BCUT2D eigenvalue weighted by Gasteiger charge is -2.18. The van der Waals surface area contributed by atoms with Gasteiger partial charge in [0.05, 0.1) is 40.8 Å². The number of hydrogen-bond acceptors (Lipinski definition) is 6. The van der Waals surface area contributed by atoms with E-state index in [9.17, 15) is 4.79 Å². The molecule has 3 heterocycles. The maximum absolute atomic E-state index is 12.1. The van der Waals surface area contributed by atoms with Crippen LogP contribution in [0, 0.1) is 0 Å². The van der Waals surface area contributed by atoms with Crippen LogP contribution in [0.1, 0.15) is 34.7 Å². The smallest absolute Gasteiger partial charge is 0.252 e. The number of pyridine rings is 2. The second-order valence-electron chi connectivity index (χ2n) is 7.39. The van der Waals surface area contributed by atoms with Gasteiger partial charge < -0.3 is 15.8 Å². The summed E-state index contributed by atoms with van der Waals surface area (Å²) >= 11 is 0. The third kappa shape index (κ3) is 4.24. The van der Waals surface area contributed by atoms with Crippen LogP contribution in [0.4, 0.5) is 5.69 Å². The fourth-order valence-electron chi connectivity index (χ4n) is 3.50. The molecule has 0 aliphatic heterocycles. The average molecular weight is 416 g/mol.